The zero-order valence-electron chi connectivity index (χ0n) is 22.6. The molecule has 1 aliphatic carbocycles. The number of nitrogens with one attached hydrogen (secondary N) is 2. The van der Waals surface area contributed by atoms with Crippen molar-refractivity contribution in [2.45, 2.75) is 37.4 Å². The van der Waals surface area contributed by atoms with Crippen LogP contribution in [-0.2, 0) is 0 Å². The van der Waals surface area contributed by atoms with E-state index in [-0.39, 0.29) is 23.0 Å². The van der Waals surface area contributed by atoms with Crippen LogP contribution in [0.5, 0.6) is 0 Å². The second-order valence-electron chi connectivity index (χ2n) is 9.67. The number of hydrogen-bond donors (Lipinski definition) is 2. The van der Waals surface area contributed by atoms with E-state index < -0.39 is 18.0 Å². The smallest absolute Gasteiger partial charge is 0.212 e. The van der Waals surface area contributed by atoms with Crippen molar-refractivity contribution >= 4 is 33.9 Å². The summed E-state index contributed by atoms with van der Waals surface area (Å²) in [5.41, 5.74) is 3.08. The molecule has 0 radical (unpaired) electrons. The Morgan fingerprint density at radius 2 is 1.90 bits per heavy atom. The molecule has 0 spiro atoms. The fourth-order valence-corrected chi connectivity index (χ4v) is 4.90. The van der Waals surface area contributed by atoms with E-state index in [1.807, 2.05) is 30.3 Å². The molecule has 2 atom stereocenters. The van der Waals surface area contributed by atoms with Crippen molar-refractivity contribution in [2.75, 3.05) is 10.6 Å². The first-order valence-corrected chi connectivity index (χ1v) is 13.3. The number of aromatic nitrogens is 5. The van der Waals surface area contributed by atoms with E-state index in [2.05, 4.69) is 43.1 Å². The van der Waals surface area contributed by atoms with Gasteiger partial charge in [-0.15, -0.1) is 5.10 Å². The number of anilines is 2. The van der Waals surface area contributed by atoms with E-state index in [4.69, 9.17) is 11.6 Å². The Hall–Kier alpha value is -5.06. The van der Waals surface area contributed by atoms with Crippen LogP contribution in [0.15, 0.2) is 73.2 Å². The summed E-state index contributed by atoms with van der Waals surface area (Å²) >= 11 is 6.72. The Labute approximate surface area is 241 Å². The van der Waals surface area contributed by atoms with Crippen LogP contribution in [0.25, 0.3) is 10.9 Å². The molecule has 3 aromatic heterocycles. The molecule has 2 aromatic carbocycles. The lowest BCUT2D eigenvalue weighted by molar-refractivity contribution is 0.581. The van der Waals surface area contributed by atoms with Crippen LogP contribution in [0.3, 0.4) is 0 Å². The molecule has 2 N–H and O–H groups in total. The van der Waals surface area contributed by atoms with E-state index >= 15 is 0 Å². The monoisotopic (exact) mass is 564 g/mol. The standard InChI is InChI=1S/C30H23ClFN9/c31-24-13-21(37-29(19-6-9-27(32)35-15-19)26-17-41(40-39-26)22-7-8-22)12-23-28(20(14-34)16-36-30(23)24)38-25(10-11-33)18-4-2-1-3-5-18/h1-6,9,12-13,15-17,22,25,29,37H,7-8,10H2,(H,36,38)/t25-,29+/m1/s1/i29D. The Morgan fingerprint density at radius 1 is 1.07 bits per heavy atom. The van der Waals surface area contributed by atoms with Crippen LogP contribution in [0.4, 0.5) is 15.8 Å². The molecule has 0 aliphatic heterocycles. The van der Waals surface area contributed by atoms with E-state index in [0.29, 0.717) is 33.5 Å². The maximum atomic E-state index is 13.7. The molecule has 0 unspecified atom stereocenters. The topological polar surface area (TPSA) is 128 Å². The molecule has 1 fully saturated rings. The van der Waals surface area contributed by atoms with Crippen molar-refractivity contribution in [3.05, 3.63) is 107 Å². The lowest BCUT2D eigenvalue weighted by Crippen LogP contribution is -2.14. The molecule has 3 heterocycles. The first-order chi connectivity index (χ1) is 20.4. The second kappa shape index (κ2) is 11.2. The van der Waals surface area contributed by atoms with Crippen molar-refractivity contribution < 1.29 is 5.76 Å². The molecule has 9 nitrogen and oxygen atoms in total. The quantitative estimate of drug-likeness (QED) is 0.194. The third kappa shape index (κ3) is 5.51. The molecule has 202 valence electrons. The summed E-state index contributed by atoms with van der Waals surface area (Å²) in [7, 11) is 0. The van der Waals surface area contributed by atoms with Crippen LogP contribution in [-0.4, -0.2) is 25.0 Å². The van der Waals surface area contributed by atoms with Gasteiger partial charge in [0, 0.05) is 23.5 Å². The summed E-state index contributed by atoms with van der Waals surface area (Å²) in [6, 6.07) is 18.0. The predicted molar refractivity (Wildman–Crippen MR) is 152 cm³/mol. The third-order valence-corrected chi connectivity index (χ3v) is 7.12. The SMILES string of the molecule is [2H][C@](Nc1cc(Cl)c2ncc(C#N)c(N[C@H](CC#N)c3ccccc3)c2c1)(c1ccc(F)nc1)c1cn(C2CC2)nn1. The molecule has 1 saturated carbocycles. The molecule has 6 rings (SSSR count). The number of nitrogens with zero attached hydrogens (tertiary/aromatic N) is 7. The summed E-state index contributed by atoms with van der Waals surface area (Å²) in [6.45, 7) is 0. The lowest BCUT2D eigenvalue weighted by atomic mass is 10.0. The highest BCUT2D eigenvalue weighted by atomic mass is 35.5. The summed E-state index contributed by atoms with van der Waals surface area (Å²) in [5.74, 6) is -0.673. The normalized spacial score (nSPS) is 15.3. The predicted octanol–water partition coefficient (Wildman–Crippen LogP) is 6.49. The van der Waals surface area contributed by atoms with Gasteiger partial charge in [0.15, 0.2) is 0 Å². The number of nitriles is 2. The lowest BCUT2D eigenvalue weighted by Gasteiger charge is -2.22. The highest BCUT2D eigenvalue weighted by Gasteiger charge is 2.27. The van der Waals surface area contributed by atoms with Gasteiger partial charge in [0.2, 0.25) is 5.95 Å². The van der Waals surface area contributed by atoms with Crippen molar-refractivity contribution in [3.63, 3.8) is 0 Å². The van der Waals surface area contributed by atoms with Crippen LogP contribution >= 0.6 is 11.6 Å². The van der Waals surface area contributed by atoms with E-state index in [0.717, 1.165) is 18.4 Å². The minimum absolute atomic E-state index is 0.147. The van der Waals surface area contributed by atoms with E-state index in [9.17, 15) is 16.3 Å². The number of fused-ring (bicyclic) bond motifs is 1. The van der Waals surface area contributed by atoms with E-state index in [1.54, 1.807) is 23.0 Å². The first kappa shape index (κ1) is 24.9. The first-order valence-electron chi connectivity index (χ1n) is 13.4. The van der Waals surface area contributed by atoms with Gasteiger partial charge in [0.25, 0.3) is 0 Å². The zero-order valence-corrected chi connectivity index (χ0v) is 22.3. The van der Waals surface area contributed by atoms with Crippen LogP contribution in [0, 0.1) is 28.6 Å². The van der Waals surface area contributed by atoms with E-state index in [1.165, 1.54) is 24.5 Å². The number of benzene rings is 2. The zero-order chi connectivity index (χ0) is 29.3. The largest absolute Gasteiger partial charge is 0.376 e. The molecule has 11 heteroatoms. The fraction of sp³-hybridized carbons (Fsp3) is 0.200. The minimum Gasteiger partial charge on any atom is -0.376 e. The van der Waals surface area contributed by atoms with Crippen molar-refractivity contribution in [3.8, 4) is 12.1 Å². The van der Waals surface area contributed by atoms with Gasteiger partial charge in [-0.25, -0.2) is 9.67 Å². The summed E-state index contributed by atoms with van der Waals surface area (Å²) < 4.78 is 25.0. The molecule has 41 heavy (non-hydrogen) atoms. The molecular weight excluding hydrogens is 541 g/mol. The Bertz CT molecular complexity index is 1850. The molecular formula is C30H23ClFN9. The van der Waals surface area contributed by atoms with Gasteiger partial charge in [0.1, 0.15) is 11.8 Å². The van der Waals surface area contributed by atoms with Gasteiger partial charge >= 0.3 is 0 Å². The average Bonchev–Trinajstić information content (AvgIpc) is 3.73. The Morgan fingerprint density at radius 3 is 2.61 bits per heavy atom. The summed E-state index contributed by atoms with van der Waals surface area (Å²) in [5, 5.41) is 35.4. The third-order valence-electron chi connectivity index (χ3n) is 6.83. The summed E-state index contributed by atoms with van der Waals surface area (Å²) in [4.78, 5) is 8.18. The maximum absolute atomic E-state index is 13.7. The number of rotatable bonds is 9. The Balaban J connectivity index is 1.46. The van der Waals surface area contributed by atoms with Gasteiger partial charge < -0.3 is 10.6 Å². The number of pyridine rings is 2. The van der Waals surface area contributed by atoms with Crippen LogP contribution < -0.4 is 10.6 Å². The number of hydrogen-bond acceptors (Lipinski definition) is 8. The second-order valence-corrected chi connectivity index (χ2v) is 10.1. The highest BCUT2D eigenvalue weighted by molar-refractivity contribution is 6.35. The summed E-state index contributed by atoms with van der Waals surface area (Å²) in [6.07, 6.45) is 6.54. The Kier molecular flexibility index (Phi) is 6.82. The van der Waals surface area contributed by atoms with Gasteiger partial charge in [-0.1, -0.05) is 53.2 Å². The van der Waals surface area contributed by atoms with Crippen molar-refractivity contribution in [2.24, 2.45) is 0 Å². The number of halogens is 2. The molecule has 0 amide bonds. The van der Waals surface area contributed by atoms with Gasteiger partial charge in [0.05, 0.1) is 59.9 Å². The molecule has 5 aromatic rings. The molecule has 0 bridgehead atoms. The van der Waals surface area contributed by atoms with Crippen LogP contribution in [0.1, 0.15) is 61.1 Å². The maximum Gasteiger partial charge on any atom is 0.212 e. The van der Waals surface area contributed by atoms with Gasteiger partial charge in [-0.2, -0.15) is 14.9 Å². The van der Waals surface area contributed by atoms with Gasteiger partial charge in [-0.3, -0.25) is 4.98 Å². The fourth-order valence-electron chi connectivity index (χ4n) is 4.64. The minimum atomic E-state index is -1.72. The van der Waals surface area contributed by atoms with Crippen LogP contribution in [0.2, 0.25) is 5.02 Å². The molecule has 1 aliphatic rings. The highest BCUT2D eigenvalue weighted by Crippen LogP contribution is 2.38. The average molecular weight is 565 g/mol. The van der Waals surface area contributed by atoms with Crippen molar-refractivity contribution in [1.29, 1.82) is 10.5 Å². The molecule has 0 saturated heterocycles. The van der Waals surface area contributed by atoms with Gasteiger partial charge in [-0.05, 0) is 42.2 Å². The van der Waals surface area contributed by atoms with Crippen molar-refractivity contribution in [1.82, 2.24) is 25.0 Å².